The van der Waals surface area contributed by atoms with Gasteiger partial charge in [-0.15, -0.1) is 0 Å². The molecule has 192 valence electrons. The molecule has 0 radical (unpaired) electrons. The van der Waals surface area contributed by atoms with E-state index in [9.17, 15) is 4.79 Å². The molecular formula is C28H34Cl2N4O2. The summed E-state index contributed by atoms with van der Waals surface area (Å²) in [7, 11) is 1.66. The molecule has 0 aliphatic carbocycles. The Morgan fingerprint density at radius 1 is 1.03 bits per heavy atom. The van der Waals surface area contributed by atoms with Crippen molar-refractivity contribution in [2.45, 2.75) is 26.8 Å². The molecule has 1 saturated heterocycles. The van der Waals surface area contributed by atoms with E-state index in [1.807, 2.05) is 55.5 Å². The van der Waals surface area contributed by atoms with E-state index >= 15 is 0 Å². The molecule has 2 aromatic carbocycles. The van der Waals surface area contributed by atoms with Gasteiger partial charge in [-0.05, 0) is 61.4 Å². The highest BCUT2D eigenvalue weighted by molar-refractivity contribution is 6.43. The Labute approximate surface area is 223 Å². The molecule has 36 heavy (non-hydrogen) atoms. The highest BCUT2D eigenvalue weighted by atomic mass is 35.5. The molecule has 2 heterocycles. The van der Waals surface area contributed by atoms with Crippen LogP contribution in [0.5, 0.6) is 5.75 Å². The average molecular weight is 530 g/mol. The summed E-state index contributed by atoms with van der Waals surface area (Å²) in [6.07, 6.45) is 0.992. The number of carbonyl (C=O) groups is 1. The molecule has 0 atom stereocenters. The summed E-state index contributed by atoms with van der Waals surface area (Å²) >= 11 is 12.6. The van der Waals surface area contributed by atoms with Gasteiger partial charge in [-0.25, -0.2) is 0 Å². The fourth-order valence-corrected chi connectivity index (χ4v) is 5.17. The van der Waals surface area contributed by atoms with Gasteiger partial charge in [-0.3, -0.25) is 9.69 Å². The minimum atomic E-state index is -0.0264. The Kier molecular flexibility index (Phi) is 8.83. The van der Waals surface area contributed by atoms with Gasteiger partial charge in [0.1, 0.15) is 5.75 Å². The van der Waals surface area contributed by atoms with E-state index in [1.54, 1.807) is 7.11 Å². The molecule has 1 amide bonds. The smallest absolute Gasteiger partial charge is 0.253 e. The van der Waals surface area contributed by atoms with Gasteiger partial charge in [-0.2, -0.15) is 0 Å². The first-order chi connectivity index (χ1) is 17.4. The van der Waals surface area contributed by atoms with Gasteiger partial charge in [0.05, 0.1) is 28.4 Å². The summed E-state index contributed by atoms with van der Waals surface area (Å²) in [5.74, 6) is 0.792. The fourth-order valence-electron chi connectivity index (χ4n) is 4.76. The van der Waals surface area contributed by atoms with Crippen molar-refractivity contribution in [1.29, 1.82) is 0 Å². The first-order valence-electron chi connectivity index (χ1n) is 12.5. The third-order valence-electron chi connectivity index (χ3n) is 6.80. The molecule has 0 spiro atoms. The van der Waals surface area contributed by atoms with E-state index in [2.05, 4.69) is 26.6 Å². The lowest BCUT2D eigenvalue weighted by molar-refractivity contribution is 0.0947. The van der Waals surface area contributed by atoms with Crippen LogP contribution < -0.4 is 15.0 Å². The van der Waals surface area contributed by atoms with E-state index in [0.29, 0.717) is 16.6 Å². The second-order valence-corrected chi connectivity index (χ2v) is 9.85. The fraction of sp³-hybridized carbons (Fsp3) is 0.393. The molecule has 0 unspecified atom stereocenters. The molecule has 1 aliphatic rings. The number of piperazine rings is 1. The van der Waals surface area contributed by atoms with Crippen molar-refractivity contribution in [2.75, 3.05) is 51.3 Å². The van der Waals surface area contributed by atoms with Crippen LogP contribution in [-0.4, -0.2) is 61.8 Å². The van der Waals surface area contributed by atoms with E-state index < -0.39 is 0 Å². The zero-order valence-corrected chi connectivity index (χ0v) is 22.7. The number of anilines is 1. The van der Waals surface area contributed by atoms with E-state index in [-0.39, 0.29) is 5.91 Å². The Hall–Kier alpha value is -2.67. The third-order valence-corrected chi connectivity index (χ3v) is 7.61. The maximum Gasteiger partial charge on any atom is 0.253 e. The van der Waals surface area contributed by atoms with Crippen molar-refractivity contribution in [2.24, 2.45) is 0 Å². The Balaban J connectivity index is 1.34. The molecule has 3 aromatic rings. The van der Waals surface area contributed by atoms with Crippen molar-refractivity contribution in [1.82, 2.24) is 14.8 Å². The summed E-state index contributed by atoms with van der Waals surface area (Å²) in [5.41, 5.74) is 4.83. The minimum absolute atomic E-state index is 0.0264. The van der Waals surface area contributed by atoms with Crippen LogP contribution in [0, 0.1) is 6.92 Å². The predicted octanol–water partition coefficient (Wildman–Crippen LogP) is 5.74. The maximum atomic E-state index is 13.1. The van der Waals surface area contributed by atoms with Gasteiger partial charge < -0.3 is 19.5 Å². The molecule has 0 saturated carbocycles. The standard InChI is InChI=1S/C28H34Cl2N4O2/c1-4-13-34-20(2)23(19-26(34)21-8-10-22(36-3)11-9-21)28(35)31-12-14-32-15-17-33(18-16-32)25-7-5-6-24(29)27(25)30/h5-11,19H,4,12-18H2,1-3H3,(H,31,35). The zero-order valence-electron chi connectivity index (χ0n) is 21.2. The highest BCUT2D eigenvalue weighted by Crippen LogP contribution is 2.33. The van der Waals surface area contributed by atoms with E-state index in [1.165, 1.54) is 0 Å². The summed E-state index contributed by atoms with van der Waals surface area (Å²) in [4.78, 5) is 17.8. The van der Waals surface area contributed by atoms with Gasteiger partial charge in [0.2, 0.25) is 0 Å². The topological polar surface area (TPSA) is 49.7 Å². The van der Waals surface area contributed by atoms with Gasteiger partial charge in [-0.1, -0.05) is 36.2 Å². The number of hydrogen-bond acceptors (Lipinski definition) is 4. The second-order valence-electron chi connectivity index (χ2n) is 9.07. The quantitative estimate of drug-likeness (QED) is 0.384. The number of carbonyl (C=O) groups excluding carboxylic acids is 1. The molecule has 1 N–H and O–H groups in total. The highest BCUT2D eigenvalue weighted by Gasteiger charge is 2.21. The Morgan fingerprint density at radius 3 is 2.42 bits per heavy atom. The van der Waals surface area contributed by atoms with Crippen LogP contribution in [0.1, 0.15) is 29.4 Å². The molecule has 4 rings (SSSR count). The van der Waals surface area contributed by atoms with Crippen LogP contribution in [0.2, 0.25) is 10.0 Å². The van der Waals surface area contributed by atoms with Crippen LogP contribution >= 0.6 is 23.2 Å². The predicted molar refractivity (Wildman–Crippen MR) is 149 cm³/mol. The van der Waals surface area contributed by atoms with Gasteiger partial charge in [0.15, 0.2) is 0 Å². The maximum absolute atomic E-state index is 13.1. The van der Waals surface area contributed by atoms with Crippen molar-refractivity contribution < 1.29 is 9.53 Å². The van der Waals surface area contributed by atoms with Crippen LogP contribution in [0.25, 0.3) is 11.3 Å². The summed E-state index contributed by atoms with van der Waals surface area (Å²) < 4.78 is 7.53. The lowest BCUT2D eigenvalue weighted by atomic mass is 10.1. The monoisotopic (exact) mass is 528 g/mol. The number of hydrogen-bond donors (Lipinski definition) is 1. The SMILES string of the molecule is CCCn1c(-c2ccc(OC)cc2)cc(C(=O)NCCN2CCN(c3cccc(Cl)c3Cl)CC2)c1C. The molecule has 1 fully saturated rings. The minimum Gasteiger partial charge on any atom is -0.497 e. The molecule has 1 aromatic heterocycles. The molecule has 6 nitrogen and oxygen atoms in total. The first kappa shape index (κ1) is 26.4. The third kappa shape index (κ3) is 5.83. The van der Waals surface area contributed by atoms with Gasteiger partial charge >= 0.3 is 0 Å². The number of halogens is 2. The van der Waals surface area contributed by atoms with Crippen LogP contribution in [0.4, 0.5) is 5.69 Å². The number of rotatable bonds is 9. The number of aromatic nitrogens is 1. The van der Waals surface area contributed by atoms with Crippen LogP contribution in [0.3, 0.4) is 0 Å². The summed E-state index contributed by atoms with van der Waals surface area (Å²) in [6, 6.07) is 15.7. The van der Waals surface area contributed by atoms with Crippen molar-refractivity contribution in [3.05, 3.63) is 69.8 Å². The largest absolute Gasteiger partial charge is 0.497 e. The van der Waals surface area contributed by atoms with Crippen molar-refractivity contribution in [3.8, 4) is 17.0 Å². The lowest BCUT2D eigenvalue weighted by Gasteiger charge is -2.36. The molecule has 8 heteroatoms. The van der Waals surface area contributed by atoms with Gasteiger partial charge in [0, 0.05) is 57.2 Å². The van der Waals surface area contributed by atoms with E-state index in [0.717, 1.165) is 79.6 Å². The molecule has 0 bridgehead atoms. The number of methoxy groups -OCH3 is 1. The molecular weight excluding hydrogens is 495 g/mol. The number of amides is 1. The first-order valence-corrected chi connectivity index (χ1v) is 13.2. The normalized spacial score (nSPS) is 14.2. The lowest BCUT2D eigenvalue weighted by Crippen LogP contribution is -2.48. The average Bonchev–Trinajstić information content (AvgIpc) is 3.22. The summed E-state index contributed by atoms with van der Waals surface area (Å²) in [6.45, 7) is 10.0. The van der Waals surface area contributed by atoms with Gasteiger partial charge in [0.25, 0.3) is 5.91 Å². The van der Waals surface area contributed by atoms with E-state index in [4.69, 9.17) is 27.9 Å². The van der Waals surface area contributed by atoms with Crippen LogP contribution in [0.15, 0.2) is 48.5 Å². The van der Waals surface area contributed by atoms with Crippen molar-refractivity contribution in [3.63, 3.8) is 0 Å². The number of nitrogens with one attached hydrogen (secondary N) is 1. The number of benzene rings is 2. The Morgan fingerprint density at radius 2 is 1.75 bits per heavy atom. The van der Waals surface area contributed by atoms with Crippen molar-refractivity contribution >= 4 is 34.8 Å². The number of ether oxygens (including phenoxy) is 1. The summed E-state index contributed by atoms with van der Waals surface area (Å²) in [5, 5.41) is 4.32. The van der Waals surface area contributed by atoms with Crippen LogP contribution in [-0.2, 0) is 6.54 Å². The number of nitrogens with zero attached hydrogens (tertiary/aromatic N) is 3. The second kappa shape index (κ2) is 12.0. The zero-order chi connectivity index (χ0) is 25.7. The Bertz CT molecular complexity index is 1190. The molecule has 1 aliphatic heterocycles.